The van der Waals surface area contributed by atoms with Crippen molar-refractivity contribution < 1.29 is 31.8 Å². The molecule has 0 atom stereocenters. The van der Waals surface area contributed by atoms with Gasteiger partial charge in [-0.2, -0.15) is 12.7 Å². The molecule has 0 bridgehead atoms. The second-order valence-electron chi connectivity index (χ2n) is 4.40. The molecule has 0 amide bonds. The Bertz CT molecular complexity index is 650. The molecule has 10 heteroatoms. The molecule has 2 N–H and O–H groups in total. The number of carboxylic acid groups (broad SMARTS) is 1. The summed E-state index contributed by atoms with van der Waals surface area (Å²) in [6, 6.07) is 1.22. The van der Waals surface area contributed by atoms with E-state index in [-0.39, 0.29) is 19.2 Å². The van der Waals surface area contributed by atoms with Gasteiger partial charge in [0.2, 0.25) is 0 Å². The van der Waals surface area contributed by atoms with Gasteiger partial charge in [0.1, 0.15) is 17.2 Å². The number of anilines is 1. The van der Waals surface area contributed by atoms with Crippen LogP contribution < -0.4 is 4.72 Å². The van der Waals surface area contributed by atoms with Gasteiger partial charge in [-0.25, -0.2) is 13.6 Å². The molecule has 0 aliphatic carbocycles. The van der Waals surface area contributed by atoms with E-state index in [4.69, 9.17) is 9.84 Å². The van der Waals surface area contributed by atoms with E-state index in [2.05, 4.69) is 0 Å². The summed E-state index contributed by atoms with van der Waals surface area (Å²) in [7, 11) is -2.52. The van der Waals surface area contributed by atoms with E-state index < -0.39 is 39.1 Å². The van der Waals surface area contributed by atoms with Crippen molar-refractivity contribution in [2.75, 3.05) is 24.9 Å². The predicted molar refractivity (Wildman–Crippen MR) is 68.2 cm³/mol. The molecule has 21 heavy (non-hydrogen) atoms. The van der Waals surface area contributed by atoms with Gasteiger partial charge in [-0.15, -0.1) is 0 Å². The molecule has 0 radical (unpaired) electrons. The Labute approximate surface area is 119 Å². The van der Waals surface area contributed by atoms with E-state index in [1.54, 1.807) is 0 Å². The molecule has 1 aliphatic heterocycles. The number of hydrogen-bond acceptors (Lipinski definition) is 4. The number of methoxy groups -OCH3 is 1. The molecular formula is C11H12F2N2O5S. The number of carbonyl (C=O) groups is 1. The lowest BCUT2D eigenvalue weighted by Gasteiger charge is -2.36. The first-order valence-corrected chi connectivity index (χ1v) is 7.21. The maximum Gasteiger partial charge on any atom is 0.341 e. The molecule has 116 valence electrons. The molecule has 1 aromatic carbocycles. The van der Waals surface area contributed by atoms with Crippen LogP contribution >= 0.6 is 0 Å². The summed E-state index contributed by atoms with van der Waals surface area (Å²) in [5.41, 5.74) is -1.53. The molecule has 7 nitrogen and oxygen atoms in total. The fourth-order valence-corrected chi connectivity index (χ4v) is 3.07. The number of ether oxygens (including phenoxy) is 1. The maximum absolute atomic E-state index is 13.5. The number of halogens is 2. The van der Waals surface area contributed by atoms with Gasteiger partial charge in [0.15, 0.2) is 0 Å². The Kier molecular flexibility index (Phi) is 4.12. The first kappa shape index (κ1) is 15.6. The summed E-state index contributed by atoms with van der Waals surface area (Å²) < 4.78 is 58.6. The van der Waals surface area contributed by atoms with Crippen molar-refractivity contribution in [3.63, 3.8) is 0 Å². The normalized spacial score (nSPS) is 16.5. The maximum atomic E-state index is 13.5. The lowest BCUT2D eigenvalue weighted by molar-refractivity contribution is 0.0128. The van der Waals surface area contributed by atoms with Crippen LogP contribution in [0.5, 0.6) is 0 Å². The van der Waals surface area contributed by atoms with Crippen LogP contribution in [-0.2, 0) is 14.9 Å². The van der Waals surface area contributed by atoms with E-state index in [0.29, 0.717) is 12.1 Å². The Hall–Kier alpha value is -1.78. The topological polar surface area (TPSA) is 95.9 Å². The second-order valence-corrected chi connectivity index (χ2v) is 6.07. The third kappa shape index (κ3) is 3.12. The average Bonchev–Trinajstić information content (AvgIpc) is 2.24. The molecular weight excluding hydrogens is 310 g/mol. The fourth-order valence-electron chi connectivity index (χ4n) is 1.80. The summed E-state index contributed by atoms with van der Waals surface area (Å²) in [5, 5.41) is 8.62. The van der Waals surface area contributed by atoms with Crippen molar-refractivity contribution in [2.45, 2.75) is 6.10 Å². The minimum atomic E-state index is -3.96. The zero-order valence-corrected chi connectivity index (χ0v) is 11.7. The quantitative estimate of drug-likeness (QED) is 0.830. The number of carboxylic acids is 1. The molecule has 0 unspecified atom stereocenters. The van der Waals surface area contributed by atoms with E-state index in [1.807, 2.05) is 4.72 Å². The van der Waals surface area contributed by atoms with Crippen LogP contribution in [0.1, 0.15) is 10.4 Å². The highest BCUT2D eigenvalue weighted by Crippen LogP contribution is 2.22. The van der Waals surface area contributed by atoms with Gasteiger partial charge < -0.3 is 9.84 Å². The number of hydrogen-bond donors (Lipinski definition) is 2. The largest absolute Gasteiger partial charge is 0.477 e. The third-order valence-electron chi connectivity index (χ3n) is 2.99. The summed E-state index contributed by atoms with van der Waals surface area (Å²) >= 11 is 0. The molecule has 1 aromatic rings. The Morgan fingerprint density at radius 3 is 2.33 bits per heavy atom. The molecule has 0 saturated carbocycles. The molecule has 2 rings (SSSR count). The van der Waals surface area contributed by atoms with Crippen molar-refractivity contribution >= 4 is 21.9 Å². The van der Waals surface area contributed by atoms with Gasteiger partial charge in [-0.3, -0.25) is 4.72 Å². The fraction of sp³-hybridized carbons (Fsp3) is 0.364. The Morgan fingerprint density at radius 1 is 1.38 bits per heavy atom. The minimum Gasteiger partial charge on any atom is -0.477 e. The molecule has 1 saturated heterocycles. The Morgan fingerprint density at radius 2 is 1.90 bits per heavy atom. The predicted octanol–water partition coefficient (Wildman–Crippen LogP) is 0.650. The Balaban J connectivity index is 2.19. The number of nitrogens with one attached hydrogen (secondary N) is 1. The van der Waals surface area contributed by atoms with Crippen LogP contribution in [0.25, 0.3) is 0 Å². The number of aromatic carboxylic acids is 1. The lowest BCUT2D eigenvalue weighted by atomic mass is 10.2. The van der Waals surface area contributed by atoms with Gasteiger partial charge in [0.25, 0.3) is 0 Å². The van der Waals surface area contributed by atoms with Crippen molar-refractivity contribution in [3.8, 4) is 0 Å². The van der Waals surface area contributed by atoms with Gasteiger partial charge in [0, 0.05) is 20.2 Å². The van der Waals surface area contributed by atoms with E-state index in [0.717, 1.165) is 4.31 Å². The first-order valence-electron chi connectivity index (χ1n) is 5.77. The van der Waals surface area contributed by atoms with Crippen molar-refractivity contribution in [3.05, 3.63) is 29.3 Å². The van der Waals surface area contributed by atoms with E-state index >= 15 is 0 Å². The SMILES string of the molecule is COC1CN(S(=O)(=O)Nc2cc(F)c(C(=O)O)c(F)c2)C1. The number of nitrogens with zero attached hydrogens (tertiary/aromatic N) is 1. The summed E-state index contributed by atoms with van der Waals surface area (Å²) in [4.78, 5) is 10.6. The van der Waals surface area contributed by atoms with Crippen LogP contribution in [0.4, 0.5) is 14.5 Å². The zero-order chi connectivity index (χ0) is 15.8. The first-order chi connectivity index (χ1) is 9.74. The van der Waals surface area contributed by atoms with Crippen LogP contribution in [0, 0.1) is 11.6 Å². The minimum absolute atomic E-state index is 0.129. The highest BCUT2D eigenvalue weighted by molar-refractivity contribution is 7.90. The molecule has 1 aliphatic rings. The highest BCUT2D eigenvalue weighted by Gasteiger charge is 2.36. The smallest absolute Gasteiger partial charge is 0.341 e. The van der Waals surface area contributed by atoms with Crippen LogP contribution in [0.3, 0.4) is 0 Å². The van der Waals surface area contributed by atoms with Crippen LogP contribution in [0.2, 0.25) is 0 Å². The molecule has 1 fully saturated rings. The molecule has 0 aromatic heterocycles. The van der Waals surface area contributed by atoms with Gasteiger partial charge in [-0.05, 0) is 12.1 Å². The third-order valence-corrected chi connectivity index (χ3v) is 4.46. The van der Waals surface area contributed by atoms with E-state index in [9.17, 15) is 22.0 Å². The van der Waals surface area contributed by atoms with Gasteiger partial charge in [0.05, 0.1) is 11.8 Å². The van der Waals surface area contributed by atoms with Gasteiger partial charge in [-0.1, -0.05) is 0 Å². The standard InChI is InChI=1S/C11H12F2N2O5S/c1-20-7-4-15(5-7)21(18,19)14-6-2-8(12)10(11(16)17)9(13)3-6/h2-3,7,14H,4-5H2,1H3,(H,16,17). The highest BCUT2D eigenvalue weighted by atomic mass is 32.2. The average molecular weight is 322 g/mol. The van der Waals surface area contributed by atoms with Crippen LogP contribution in [0.15, 0.2) is 12.1 Å². The van der Waals surface area contributed by atoms with Crippen LogP contribution in [-0.4, -0.2) is 50.1 Å². The number of benzene rings is 1. The summed E-state index contributed by atoms with van der Waals surface area (Å²) in [5.74, 6) is -4.50. The molecule has 0 spiro atoms. The van der Waals surface area contributed by atoms with E-state index in [1.165, 1.54) is 7.11 Å². The van der Waals surface area contributed by atoms with Gasteiger partial charge >= 0.3 is 16.2 Å². The molecule has 1 heterocycles. The number of rotatable bonds is 5. The summed E-state index contributed by atoms with van der Waals surface area (Å²) in [6.45, 7) is 0.258. The van der Waals surface area contributed by atoms with Crippen molar-refractivity contribution in [1.82, 2.24) is 4.31 Å². The van der Waals surface area contributed by atoms with Crippen molar-refractivity contribution in [2.24, 2.45) is 0 Å². The van der Waals surface area contributed by atoms with Crippen molar-refractivity contribution in [1.29, 1.82) is 0 Å². The lowest BCUT2D eigenvalue weighted by Crippen LogP contribution is -2.55. The monoisotopic (exact) mass is 322 g/mol. The zero-order valence-electron chi connectivity index (χ0n) is 10.8. The second kappa shape index (κ2) is 5.54. The summed E-state index contributed by atoms with van der Waals surface area (Å²) in [6.07, 6.45) is -0.218.